The molecule has 2 aromatic heterocycles. The van der Waals surface area contributed by atoms with Crippen LogP contribution in [0.1, 0.15) is 37.0 Å². The fraction of sp³-hybridized carbons (Fsp3) is 0.429. The monoisotopic (exact) mass is 336 g/mol. The van der Waals surface area contributed by atoms with Gasteiger partial charge in [0.1, 0.15) is 15.9 Å². The zero-order valence-electron chi connectivity index (χ0n) is 12.2. The number of pyridine rings is 1. The van der Waals surface area contributed by atoms with Gasteiger partial charge in [0, 0.05) is 10.4 Å². The molecule has 0 saturated carbocycles. The lowest BCUT2D eigenvalue weighted by atomic mass is 10.2. The van der Waals surface area contributed by atoms with Gasteiger partial charge in [-0.25, -0.2) is 9.97 Å². The van der Waals surface area contributed by atoms with E-state index in [-0.39, 0.29) is 5.15 Å². The lowest BCUT2D eigenvalue weighted by Gasteiger charge is -2.07. The first-order valence-electron chi connectivity index (χ1n) is 6.53. The van der Waals surface area contributed by atoms with Crippen LogP contribution in [-0.4, -0.2) is 9.97 Å². The molecule has 0 fully saturated rings. The Labute approximate surface area is 131 Å². The summed E-state index contributed by atoms with van der Waals surface area (Å²) in [5.74, 6) is 0. The SMILES string of the molecule is CC.CCc1sc(-c2ccc(C(F)(F)F)nc2Cl)nc1C. The molecule has 2 heterocycles. The molecule has 2 rings (SSSR count). The van der Waals surface area contributed by atoms with Gasteiger partial charge in [-0.15, -0.1) is 11.3 Å². The van der Waals surface area contributed by atoms with Gasteiger partial charge in [-0.3, -0.25) is 0 Å². The van der Waals surface area contributed by atoms with Gasteiger partial charge >= 0.3 is 6.18 Å². The number of halogens is 4. The van der Waals surface area contributed by atoms with E-state index < -0.39 is 11.9 Å². The molecule has 0 aliphatic carbocycles. The fourth-order valence-electron chi connectivity index (χ4n) is 1.62. The highest BCUT2D eigenvalue weighted by Gasteiger charge is 2.33. The minimum absolute atomic E-state index is 0.175. The first-order valence-corrected chi connectivity index (χ1v) is 7.72. The molecule has 0 atom stereocenters. The number of hydrogen-bond acceptors (Lipinski definition) is 3. The largest absolute Gasteiger partial charge is 0.433 e. The summed E-state index contributed by atoms with van der Waals surface area (Å²) in [5.41, 5.74) is 0.311. The topological polar surface area (TPSA) is 25.8 Å². The third-order valence-electron chi connectivity index (χ3n) is 2.58. The Morgan fingerprint density at radius 1 is 1.19 bits per heavy atom. The zero-order chi connectivity index (χ0) is 16.2. The molecule has 7 heteroatoms. The predicted molar refractivity (Wildman–Crippen MR) is 80.8 cm³/mol. The average molecular weight is 337 g/mol. The molecule has 0 spiro atoms. The minimum Gasteiger partial charge on any atom is -0.241 e. The molecule has 116 valence electrons. The fourth-order valence-corrected chi connectivity index (χ4v) is 2.95. The third-order valence-corrected chi connectivity index (χ3v) is 4.21. The first-order chi connectivity index (χ1) is 9.82. The maximum absolute atomic E-state index is 12.5. The normalized spacial score (nSPS) is 11.0. The van der Waals surface area contributed by atoms with Crippen molar-refractivity contribution in [3.63, 3.8) is 0 Å². The van der Waals surface area contributed by atoms with E-state index in [2.05, 4.69) is 9.97 Å². The van der Waals surface area contributed by atoms with E-state index in [1.54, 1.807) is 0 Å². The first kappa shape index (κ1) is 17.9. The molecule has 0 unspecified atom stereocenters. The van der Waals surface area contributed by atoms with Crippen molar-refractivity contribution in [2.24, 2.45) is 0 Å². The van der Waals surface area contributed by atoms with E-state index in [9.17, 15) is 13.2 Å². The second kappa shape index (κ2) is 7.22. The highest BCUT2D eigenvalue weighted by molar-refractivity contribution is 7.15. The van der Waals surface area contributed by atoms with Gasteiger partial charge in [-0.1, -0.05) is 32.4 Å². The Kier molecular flexibility index (Phi) is 6.16. The lowest BCUT2D eigenvalue weighted by molar-refractivity contribution is -0.141. The Morgan fingerprint density at radius 2 is 1.81 bits per heavy atom. The maximum atomic E-state index is 12.5. The molecule has 0 aromatic carbocycles. The summed E-state index contributed by atoms with van der Waals surface area (Å²) in [6.45, 7) is 7.86. The molecule has 0 aliphatic heterocycles. The summed E-state index contributed by atoms with van der Waals surface area (Å²) in [6, 6.07) is 2.24. The van der Waals surface area contributed by atoms with Crippen molar-refractivity contribution in [3.8, 4) is 10.6 Å². The van der Waals surface area contributed by atoms with Crippen LogP contribution in [0.3, 0.4) is 0 Å². The number of aromatic nitrogens is 2. The summed E-state index contributed by atoms with van der Waals surface area (Å²) in [4.78, 5) is 8.80. The van der Waals surface area contributed by atoms with E-state index in [0.29, 0.717) is 10.6 Å². The van der Waals surface area contributed by atoms with Gasteiger partial charge < -0.3 is 0 Å². The van der Waals surface area contributed by atoms with Gasteiger partial charge in [0.05, 0.1) is 5.69 Å². The quantitative estimate of drug-likeness (QED) is 0.650. The molecule has 0 bridgehead atoms. The van der Waals surface area contributed by atoms with Gasteiger partial charge in [-0.2, -0.15) is 13.2 Å². The Bertz CT molecular complexity index is 609. The van der Waals surface area contributed by atoms with Gasteiger partial charge in [-0.05, 0) is 25.5 Å². The van der Waals surface area contributed by atoms with Gasteiger partial charge in [0.25, 0.3) is 0 Å². The predicted octanol–water partition coefficient (Wildman–Crippen LogP) is 5.77. The van der Waals surface area contributed by atoms with Crippen LogP contribution in [-0.2, 0) is 12.6 Å². The van der Waals surface area contributed by atoms with Crippen LogP contribution in [0.5, 0.6) is 0 Å². The molecule has 0 radical (unpaired) electrons. The average Bonchev–Trinajstić information content (AvgIpc) is 2.81. The van der Waals surface area contributed by atoms with Crippen LogP contribution >= 0.6 is 22.9 Å². The highest BCUT2D eigenvalue weighted by atomic mass is 35.5. The van der Waals surface area contributed by atoms with E-state index in [0.717, 1.165) is 23.1 Å². The number of aryl methyl sites for hydroxylation is 2. The van der Waals surface area contributed by atoms with Crippen molar-refractivity contribution in [1.82, 2.24) is 9.97 Å². The van der Waals surface area contributed by atoms with E-state index in [1.165, 1.54) is 17.4 Å². The van der Waals surface area contributed by atoms with Crippen molar-refractivity contribution in [3.05, 3.63) is 33.6 Å². The van der Waals surface area contributed by atoms with Crippen molar-refractivity contribution < 1.29 is 13.2 Å². The molecular formula is C14H16ClF3N2S. The third kappa shape index (κ3) is 4.17. The van der Waals surface area contributed by atoms with Crippen molar-refractivity contribution in [1.29, 1.82) is 0 Å². The number of rotatable bonds is 2. The summed E-state index contributed by atoms with van der Waals surface area (Å²) in [5, 5.41) is 0.423. The van der Waals surface area contributed by atoms with Crippen LogP contribution in [0.2, 0.25) is 5.15 Å². The lowest BCUT2D eigenvalue weighted by Crippen LogP contribution is -2.07. The Hall–Kier alpha value is -1.14. The Morgan fingerprint density at radius 3 is 2.24 bits per heavy atom. The van der Waals surface area contributed by atoms with Crippen LogP contribution in [0.15, 0.2) is 12.1 Å². The summed E-state index contributed by atoms with van der Waals surface area (Å²) >= 11 is 7.25. The van der Waals surface area contributed by atoms with Gasteiger partial charge in [0.15, 0.2) is 0 Å². The maximum Gasteiger partial charge on any atom is 0.433 e. The second-order valence-corrected chi connectivity index (χ2v) is 5.36. The Balaban J connectivity index is 0.00000106. The highest BCUT2D eigenvalue weighted by Crippen LogP contribution is 2.35. The molecule has 2 aromatic rings. The molecule has 0 amide bonds. The van der Waals surface area contributed by atoms with Crippen molar-refractivity contribution in [2.75, 3.05) is 0 Å². The van der Waals surface area contributed by atoms with Crippen LogP contribution < -0.4 is 0 Å². The summed E-state index contributed by atoms with van der Waals surface area (Å²) < 4.78 is 37.5. The van der Waals surface area contributed by atoms with E-state index in [1.807, 2.05) is 27.7 Å². The molecule has 2 nitrogen and oxygen atoms in total. The summed E-state index contributed by atoms with van der Waals surface area (Å²) in [7, 11) is 0. The minimum atomic E-state index is -4.49. The van der Waals surface area contributed by atoms with Crippen molar-refractivity contribution in [2.45, 2.75) is 40.3 Å². The van der Waals surface area contributed by atoms with E-state index in [4.69, 9.17) is 11.6 Å². The van der Waals surface area contributed by atoms with E-state index >= 15 is 0 Å². The number of nitrogens with zero attached hydrogens (tertiary/aromatic N) is 2. The number of alkyl halides is 3. The summed E-state index contributed by atoms with van der Waals surface area (Å²) in [6.07, 6.45) is -3.66. The number of thiazole rings is 1. The van der Waals surface area contributed by atoms with Gasteiger partial charge in [0.2, 0.25) is 0 Å². The molecule has 0 N–H and O–H groups in total. The molecule has 21 heavy (non-hydrogen) atoms. The van der Waals surface area contributed by atoms with Crippen molar-refractivity contribution >= 4 is 22.9 Å². The van der Waals surface area contributed by atoms with Crippen LogP contribution in [0, 0.1) is 6.92 Å². The zero-order valence-corrected chi connectivity index (χ0v) is 13.7. The van der Waals surface area contributed by atoms with Crippen LogP contribution in [0.25, 0.3) is 10.6 Å². The number of hydrogen-bond donors (Lipinski definition) is 0. The standard InChI is InChI=1S/C12H10ClF3N2S.C2H6/c1-3-8-6(2)17-11(19-8)7-4-5-9(12(14,15)16)18-10(7)13;1-2/h4-5H,3H2,1-2H3;1-2H3. The molecule has 0 saturated heterocycles. The second-order valence-electron chi connectivity index (χ2n) is 3.91. The molecular weight excluding hydrogens is 321 g/mol. The molecule has 0 aliphatic rings. The smallest absolute Gasteiger partial charge is 0.241 e. The van der Waals surface area contributed by atoms with Crippen LogP contribution in [0.4, 0.5) is 13.2 Å².